The van der Waals surface area contributed by atoms with E-state index in [0.717, 1.165) is 37.9 Å². The lowest BCUT2D eigenvalue weighted by atomic mass is 9.95. The van der Waals surface area contributed by atoms with Crippen molar-refractivity contribution in [2.75, 3.05) is 25.0 Å². The highest BCUT2D eigenvalue weighted by molar-refractivity contribution is 6.33. The number of aryl methyl sites for hydroxylation is 1. The van der Waals surface area contributed by atoms with Crippen LogP contribution < -0.4 is 10.6 Å². The summed E-state index contributed by atoms with van der Waals surface area (Å²) in [6.07, 6.45) is 2.89. The Morgan fingerprint density at radius 1 is 1.34 bits per heavy atom. The minimum Gasteiger partial charge on any atom is -0.481 e. The predicted octanol–water partition coefficient (Wildman–Crippen LogP) is 4.74. The number of carboxylic acid groups (broad SMARTS) is 1. The summed E-state index contributed by atoms with van der Waals surface area (Å²) in [5.74, 6) is -0.830. The number of benzene rings is 2. The molecule has 1 aliphatic heterocycles. The summed E-state index contributed by atoms with van der Waals surface area (Å²) < 4.78 is 13.7. The van der Waals surface area contributed by atoms with E-state index in [9.17, 15) is 19.3 Å². The van der Waals surface area contributed by atoms with Crippen molar-refractivity contribution in [3.8, 4) is 0 Å². The molecule has 2 aromatic rings. The molecule has 0 aliphatic carbocycles. The Labute approximate surface area is 190 Å². The molecule has 0 saturated carbocycles. The molecule has 0 aromatic heterocycles. The van der Waals surface area contributed by atoms with Gasteiger partial charge in [0.05, 0.1) is 23.7 Å². The van der Waals surface area contributed by atoms with Crippen LogP contribution in [0.5, 0.6) is 0 Å². The zero-order valence-electron chi connectivity index (χ0n) is 17.8. The summed E-state index contributed by atoms with van der Waals surface area (Å²) >= 11 is 5.95. The number of hydrogen-bond donors (Lipinski definition) is 3. The van der Waals surface area contributed by atoms with Crippen molar-refractivity contribution < 1.29 is 24.2 Å². The Balaban J connectivity index is 0.000000258. The first-order chi connectivity index (χ1) is 15.3. The summed E-state index contributed by atoms with van der Waals surface area (Å²) in [6.45, 7) is 4.18. The van der Waals surface area contributed by atoms with Gasteiger partial charge in [-0.2, -0.15) is 0 Å². The summed E-state index contributed by atoms with van der Waals surface area (Å²) in [6, 6.07) is 9.66. The molecule has 10 heteroatoms. The van der Waals surface area contributed by atoms with E-state index < -0.39 is 16.9 Å². The van der Waals surface area contributed by atoms with E-state index in [0.29, 0.717) is 17.2 Å². The van der Waals surface area contributed by atoms with Crippen LogP contribution >= 0.6 is 11.6 Å². The second-order valence-electron chi connectivity index (χ2n) is 7.49. The lowest BCUT2D eigenvalue weighted by molar-refractivity contribution is -0.758. The summed E-state index contributed by atoms with van der Waals surface area (Å²) in [7, 11) is 0. The molecule has 3 rings (SSSR count). The van der Waals surface area contributed by atoms with E-state index >= 15 is 0 Å². The topological polar surface area (TPSA) is 114 Å². The van der Waals surface area contributed by atoms with E-state index in [4.69, 9.17) is 16.7 Å². The minimum atomic E-state index is -0.946. The number of nitrogens with zero attached hydrogens (tertiary/aromatic N) is 1. The van der Waals surface area contributed by atoms with Crippen molar-refractivity contribution >= 4 is 28.9 Å². The van der Waals surface area contributed by atoms with Crippen molar-refractivity contribution in [1.29, 1.82) is 0 Å². The zero-order chi connectivity index (χ0) is 23.5. The first-order valence-corrected chi connectivity index (χ1v) is 10.6. The number of hydrogen-bond acceptors (Lipinski definition) is 6. The van der Waals surface area contributed by atoms with Gasteiger partial charge in [-0.05, 0) is 69.0 Å². The van der Waals surface area contributed by atoms with Crippen LogP contribution in [0.15, 0.2) is 36.4 Å². The SMILES string of the molecule is Cc1ccc(Nc2c(F)cccc2Cl)c(CC(=O)O)c1.O=[N+]([O-])OCCC1CCNCC1. The van der Waals surface area contributed by atoms with Gasteiger partial charge in [0.1, 0.15) is 5.82 Å². The van der Waals surface area contributed by atoms with E-state index in [-0.39, 0.29) is 23.7 Å². The number of anilines is 2. The molecule has 2 aromatic carbocycles. The Hall–Kier alpha value is -2.91. The maximum atomic E-state index is 13.7. The van der Waals surface area contributed by atoms with E-state index in [1.807, 2.05) is 13.0 Å². The lowest BCUT2D eigenvalue weighted by Crippen LogP contribution is -2.28. The third-order valence-corrected chi connectivity index (χ3v) is 5.32. The maximum absolute atomic E-state index is 13.7. The van der Waals surface area contributed by atoms with Crippen LogP contribution in [0, 0.1) is 28.8 Å². The number of carboxylic acids is 1. The maximum Gasteiger partial charge on any atom is 0.307 e. The van der Waals surface area contributed by atoms with Gasteiger partial charge in [-0.1, -0.05) is 35.4 Å². The smallest absolute Gasteiger partial charge is 0.307 e. The molecular formula is C22H27ClFN3O5. The van der Waals surface area contributed by atoms with Gasteiger partial charge in [0.2, 0.25) is 0 Å². The van der Waals surface area contributed by atoms with Crippen LogP contribution in [-0.2, 0) is 16.1 Å². The molecule has 1 fully saturated rings. The monoisotopic (exact) mass is 467 g/mol. The number of aliphatic carboxylic acids is 1. The molecule has 1 heterocycles. The Kier molecular flexibility index (Phi) is 10.2. The molecule has 0 atom stereocenters. The highest BCUT2D eigenvalue weighted by atomic mass is 35.5. The van der Waals surface area contributed by atoms with Crippen molar-refractivity contribution in [2.24, 2.45) is 5.92 Å². The first-order valence-electron chi connectivity index (χ1n) is 10.3. The fourth-order valence-corrected chi connectivity index (χ4v) is 3.58. The Morgan fingerprint density at radius 2 is 2.06 bits per heavy atom. The molecule has 8 nitrogen and oxygen atoms in total. The Bertz CT molecular complexity index is 902. The molecule has 1 aliphatic rings. The molecule has 0 amide bonds. The van der Waals surface area contributed by atoms with Gasteiger partial charge in [0.15, 0.2) is 0 Å². The molecule has 3 N–H and O–H groups in total. The van der Waals surface area contributed by atoms with Gasteiger partial charge in [-0.25, -0.2) is 4.39 Å². The largest absolute Gasteiger partial charge is 0.481 e. The number of nitrogens with one attached hydrogen (secondary N) is 2. The third-order valence-electron chi connectivity index (χ3n) is 5.01. The lowest BCUT2D eigenvalue weighted by Gasteiger charge is -2.21. The second-order valence-corrected chi connectivity index (χ2v) is 7.90. The van der Waals surface area contributed by atoms with Crippen molar-refractivity contribution in [1.82, 2.24) is 5.32 Å². The second kappa shape index (κ2) is 12.8. The quantitative estimate of drug-likeness (QED) is 0.379. The number of para-hydroxylation sites is 1. The summed E-state index contributed by atoms with van der Waals surface area (Å²) in [4.78, 5) is 24.9. The van der Waals surface area contributed by atoms with Crippen LogP contribution in [0.25, 0.3) is 0 Å². The molecule has 0 radical (unpaired) electrons. The van der Waals surface area contributed by atoms with Crippen LogP contribution in [0.4, 0.5) is 15.8 Å². The molecule has 1 saturated heterocycles. The average molecular weight is 468 g/mol. The van der Waals surface area contributed by atoms with Crippen molar-refractivity contribution in [3.63, 3.8) is 0 Å². The summed E-state index contributed by atoms with van der Waals surface area (Å²) in [5.41, 5.74) is 2.19. The van der Waals surface area contributed by atoms with Gasteiger partial charge < -0.3 is 20.6 Å². The van der Waals surface area contributed by atoms with E-state index in [1.54, 1.807) is 18.2 Å². The first kappa shape index (κ1) is 25.4. The molecular weight excluding hydrogens is 441 g/mol. The van der Waals surface area contributed by atoms with Crippen molar-refractivity contribution in [2.45, 2.75) is 32.6 Å². The highest BCUT2D eigenvalue weighted by Gasteiger charge is 2.13. The highest BCUT2D eigenvalue weighted by Crippen LogP contribution is 2.30. The third kappa shape index (κ3) is 8.68. The number of halogens is 2. The van der Waals surface area contributed by atoms with Crippen LogP contribution in [0.1, 0.15) is 30.4 Å². The molecule has 174 valence electrons. The predicted molar refractivity (Wildman–Crippen MR) is 120 cm³/mol. The molecule has 0 spiro atoms. The van der Waals surface area contributed by atoms with Gasteiger partial charge in [0.25, 0.3) is 5.09 Å². The van der Waals surface area contributed by atoms with Gasteiger partial charge in [0, 0.05) is 5.69 Å². The fraction of sp³-hybridized carbons (Fsp3) is 0.409. The van der Waals surface area contributed by atoms with Crippen LogP contribution in [0.2, 0.25) is 5.02 Å². The van der Waals surface area contributed by atoms with E-state index in [2.05, 4.69) is 15.5 Å². The van der Waals surface area contributed by atoms with Gasteiger partial charge in [-0.15, -0.1) is 10.1 Å². The zero-order valence-corrected chi connectivity index (χ0v) is 18.5. The summed E-state index contributed by atoms with van der Waals surface area (Å²) in [5, 5.41) is 24.4. The Morgan fingerprint density at radius 3 is 2.69 bits per heavy atom. The fourth-order valence-electron chi connectivity index (χ4n) is 3.37. The van der Waals surface area contributed by atoms with E-state index in [1.165, 1.54) is 12.1 Å². The normalized spacial score (nSPS) is 13.6. The van der Waals surface area contributed by atoms with Gasteiger partial charge >= 0.3 is 5.97 Å². The minimum absolute atomic E-state index is 0.143. The van der Waals surface area contributed by atoms with Gasteiger partial charge in [-0.3, -0.25) is 4.79 Å². The molecule has 0 unspecified atom stereocenters. The van der Waals surface area contributed by atoms with Crippen LogP contribution in [0.3, 0.4) is 0 Å². The molecule has 32 heavy (non-hydrogen) atoms. The number of piperidine rings is 1. The molecule has 0 bridgehead atoms. The standard InChI is InChI=1S/C15H13ClFNO2.C7H14N2O3/c1-9-5-6-13(10(7-9)8-14(19)20)18-15-11(16)3-2-4-12(15)17;10-9(11)12-6-3-7-1-4-8-5-2-7/h2-7,18H,8H2,1H3,(H,19,20);7-8H,1-6H2. The number of carbonyl (C=O) groups is 1. The number of rotatable bonds is 8. The van der Waals surface area contributed by atoms with Crippen molar-refractivity contribution in [3.05, 3.63) is 68.5 Å². The average Bonchev–Trinajstić information content (AvgIpc) is 2.73. The van der Waals surface area contributed by atoms with Crippen LogP contribution in [-0.4, -0.2) is 35.9 Å².